The lowest BCUT2D eigenvalue weighted by atomic mass is 10.00. The molecule has 2 rings (SSSR count). The molecule has 0 amide bonds. The van der Waals surface area contributed by atoms with Crippen molar-refractivity contribution in [1.82, 2.24) is 4.90 Å². The van der Waals surface area contributed by atoms with E-state index in [-0.39, 0.29) is 6.10 Å². The number of carbonyl (C=O) groups excluding carboxylic acids is 1. The van der Waals surface area contributed by atoms with Crippen LogP contribution in [0.4, 0.5) is 4.79 Å². The zero-order valence-corrected chi connectivity index (χ0v) is 10.7. The lowest BCUT2D eigenvalue weighted by Gasteiger charge is -2.33. The van der Waals surface area contributed by atoms with E-state index in [4.69, 9.17) is 9.47 Å². The average Bonchev–Trinajstić information content (AvgIpc) is 2.76. The highest BCUT2D eigenvalue weighted by atomic mass is 16.7. The Morgan fingerprint density at radius 3 is 3.06 bits per heavy atom. The van der Waals surface area contributed by atoms with Gasteiger partial charge in [-0.1, -0.05) is 13.3 Å². The first kappa shape index (κ1) is 12.7. The number of rotatable bonds is 4. The van der Waals surface area contributed by atoms with Crippen LogP contribution >= 0.6 is 0 Å². The van der Waals surface area contributed by atoms with Crippen molar-refractivity contribution in [3.8, 4) is 0 Å². The van der Waals surface area contributed by atoms with E-state index in [1.165, 1.54) is 19.4 Å². The minimum absolute atomic E-state index is 0.0727. The maximum absolute atomic E-state index is 11.4. The van der Waals surface area contributed by atoms with Gasteiger partial charge < -0.3 is 14.4 Å². The van der Waals surface area contributed by atoms with E-state index >= 15 is 0 Å². The monoisotopic (exact) mass is 241 g/mol. The lowest BCUT2D eigenvalue weighted by Crippen LogP contribution is -2.41. The summed E-state index contributed by atoms with van der Waals surface area (Å²) in [6.07, 6.45) is 6.04. The first-order chi connectivity index (χ1) is 8.29. The van der Waals surface area contributed by atoms with Gasteiger partial charge in [-0.2, -0.15) is 0 Å². The van der Waals surface area contributed by atoms with E-state index < -0.39 is 6.16 Å². The zero-order valence-electron chi connectivity index (χ0n) is 10.7. The van der Waals surface area contributed by atoms with E-state index in [0.717, 1.165) is 32.2 Å². The van der Waals surface area contributed by atoms with Crippen molar-refractivity contribution in [2.24, 2.45) is 0 Å². The van der Waals surface area contributed by atoms with Gasteiger partial charge in [-0.25, -0.2) is 4.79 Å². The highest BCUT2D eigenvalue weighted by Crippen LogP contribution is 2.28. The number of piperidine rings is 1. The van der Waals surface area contributed by atoms with Crippen molar-refractivity contribution in [2.75, 3.05) is 19.7 Å². The normalized spacial score (nSPS) is 28.8. The Labute approximate surface area is 103 Å². The fourth-order valence-corrected chi connectivity index (χ4v) is 2.76. The zero-order chi connectivity index (χ0) is 12.1. The van der Waals surface area contributed by atoms with Gasteiger partial charge >= 0.3 is 6.16 Å². The molecule has 0 aromatic rings. The van der Waals surface area contributed by atoms with Crippen molar-refractivity contribution >= 4 is 6.16 Å². The minimum Gasteiger partial charge on any atom is -0.434 e. The van der Waals surface area contributed by atoms with Crippen molar-refractivity contribution in [3.05, 3.63) is 0 Å². The topological polar surface area (TPSA) is 38.8 Å². The molecule has 0 radical (unpaired) electrons. The molecule has 2 aliphatic rings. The molecule has 0 aromatic heterocycles. The van der Waals surface area contributed by atoms with Crippen LogP contribution in [0.5, 0.6) is 0 Å². The second-order valence-corrected chi connectivity index (χ2v) is 5.05. The van der Waals surface area contributed by atoms with Gasteiger partial charge in [0.2, 0.25) is 0 Å². The average molecular weight is 241 g/mol. The number of hydrogen-bond donors (Lipinski definition) is 0. The van der Waals surface area contributed by atoms with Gasteiger partial charge in [0.05, 0.1) is 6.61 Å². The molecule has 2 atom stereocenters. The summed E-state index contributed by atoms with van der Waals surface area (Å²) in [5.74, 6) is 0. The third kappa shape index (κ3) is 3.60. The number of ether oxygens (including phenoxy) is 2. The minimum atomic E-state index is -0.477. The maximum Gasteiger partial charge on any atom is 0.508 e. The number of carbonyl (C=O) groups is 1. The molecule has 2 heterocycles. The summed E-state index contributed by atoms with van der Waals surface area (Å²) in [7, 11) is 0. The van der Waals surface area contributed by atoms with Crippen LogP contribution in [-0.2, 0) is 9.47 Å². The van der Waals surface area contributed by atoms with Crippen LogP contribution in [0, 0.1) is 0 Å². The molecule has 17 heavy (non-hydrogen) atoms. The Kier molecular flexibility index (Phi) is 4.66. The predicted octanol–water partition coefficient (Wildman–Crippen LogP) is 2.57. The number of nitrogens with zero attached hydrogens (tertiary/aromatic N) is 1. The van der Waals surface area contributed by atoms with Crippen LogP contribution in [0.1, 0.15) is 45.4 Å². The standard InChI is InChI=1S/C13H23NO3/c1-2-3-9-16-13(15)17-12-6-8-14-7-4-5-11(14)10-12/h11-12H,2-10H2,1H3. The quantitative estimate of drug-likeness (QED) is 0.560. The lowest BCUT2D eigenvalue weighted by molar-refractivity contribution is -0.00833. The summed E-state index contributed by atoms with van der Waals surface area (Å²) in [6.45, 7) is 4.85. The first-order valence-corrected chi connectivity index (χ1v) is 6.87. The summed E-state index contributed by atoms with van der Waals surface area (Å²) in [6, 6.07) is 0.636. The molecule has 4 nitrogen and oxygen atoms in total. The van der Waals surface area contributed by atoms with Gasteiger partial charge in [-0.3, -0.25) is 0 Å². The Morgan fingerprint density at radius 2 is 2.24 bits per heavy atom. The van der Waals surface area contributed by atoms with E-state index in [1.54, 1.807) is 0 Å². The van der Waals surface area contributed by atoms with E-state index in [1.807, 2.05) is 0 Å². The highest BCUT2D eigenvalue weighted by molar-refractivity contribution is 5.60. The summed E-state index contributed by atoms with van der Waals surface area (Å²) in [5, 5.41) is 0. The fourth-order valence-electron chi connectivity index (χ4n) is 2.76. The molecule has 0 saturated carbocycles. The van der Waals surface area contributed by atoms with Gasteiger partial charge in [0, 0.05) is 19.0 Å². The Morgan fingerprint density at radius 1 is 1.35 bits per heavy atom. The molecular weight excluding hydrogens is 218 g/mol. The number of unbranched alkanes of at least 4 members (excludes halogenated alkanes) is 1. The second-order valence-electron chi connectivity index (χ2n) is 5.05. The SMILES string of the molecule is CCCCOC(=O)OC1CCN2CCCC2C1. The van der Waals surface area contributed by atoms with Gasteiger partial charge in [0.1, 0.15) is 6.10 Å². The van der Waals surface area contributed by atoms with Gasteiger partial charge in [0.15, 0.2) is 0 Å². The summed E-state index contributed by atoms with van der Waals surface area (Å²) in [4.78, 5) is 13.9. The van der Waals surface area contributed by atoms with Crippen LogP contribution in [0.15, 0.2) is 0 Å². The molecule has 2 saturated heterocycles. The molecule has 0 N–H and O–H groups in total. The Bertz CT molecular complexity index is 257. The second kappa shape index (κ2) is 6.24. The van der Waals surface area contributed by atoms with E-state index in [9.17, 15) is 4.79 Å². The first-order valence-electron chi connectivity index (χ1n) is 6.87. The fraction of sp³-hybridized carbons (Fsp3) is 0.923. The van der Waals surface area contributed by atoms with Crippen LogP contribution in [0.25, 0.3) is 0 Å². The van der Waals surface area contributed by atoms with Crippen molar-refractivity contribution in [3.63, 3.8) is 0 Å². The molecular formula is C13H23NO3. The molecule has 0 bridgehead atoms. The van der Waals surface area contributed by atoms with E-state index in [0.29, 0.717) is 12.6 Å². The van der Waals surface area contributed by atoms with Crippen LogP contribution < -0.4 is 0 Å². The third-order valence-electron chi connectivity index (χ3n) is 3.75. The van der Waals surface area contributed by atoms with Crippen LogP contribution in [-0.4, -0.2) is 42.9 Å². The Balaban J connectivity index is 1.67. The molecule has 4 heteroatoms. The summed E-state index contributed by atoms with van der Waals surface area (Å²) < 4.78 is 10.4. The van der Waals surface area contributed by atoms with Crippen LogP contribution in [0.3, 0.4) is 0 Å². The van der Waals surface area contributed by atoms with Gasteiger partial charge in [0.25, 0.3) is 0 Å². The van der Waals surface area contributed by atoms with Crippen LogP contribution in [0.2, 0.25) is 0 Å². The Hall–Kier alpha value is -0.770. The molecule has 98 valence electrons. The number of fused-ring (bicyclic) bond motifs is 1. The van der Waals surface area contributed by atoms with Gasteiger partial charge in [-0.05, 0) is 32.2 Å². The van der Waals surface area contributed by atoms with Crippen molar-refractivity contribution in [1.29, 1.82) is 0 Å². The molecule has 2 aliphatic heterocycles. The molecule has 0 aromatic carbocycles. The molecule has 0 aliphatic carbocycles. The third-order valence-corrected chi connectivity index (χ3v) is 3.75. The summed E-state index contributed by atoms with van der Waals surface area (Å²) in [5.41, 5.74) is 0. The molecule has 0 spiro atoms. The van der Waals surface area contributed by atoms with Crippen molar-refractivity contribution in [2.45, 2.75) is 57.6 Å². The molecule has 2 fully saturated rings. The maximum atomic E-state index is 11.4. The van der Waals surface area contributed by atoms with Gasteiger partial charge in [-0.15, -0.1) is 0 Å². The predicted molar refractivity (Wildman–Crippen MR) is 65.0 cm³/mol. The largest absolute Gasteiger partial charge is 0.508 e. The molecule has 2 unspecified atom stereocenters. The highest BCUT2D eigenvalue weighted by Gasteiger charge is 2.33. The number of hydrogen-bond acceptors (Lipinski definition) is 4. The smallest absolute Gasteiger partial charge is 0.434 e. The van der Waals surface area contributed by atoms with Crippen molar-refractivity contribution < 1.29 is 14.3 Å². The van der Waals surface area contributed by atoms with E-state index in [2.05, 4.69) is 11.8 Å². The summed E-state index contributed by atoms with van der Waals surface area (Å²) >= 11 is 0.